The summed E-state index contributed by atoms with van der Waals surface area (Å²) in [6.45, 7) is -0.439. The fourth-order valence-electron chi connectivity index (χ4n) is 2.76. The van der Waals surface area contributed by atoms with E-state index in [9.17, 15) is 15.3 Å². The molecule has 0 bridgehead atoms. The van der Waals surface area contributed by atoms with Crippen LogP contribution in [-0.4, -0.2) is 52.6 Å². The van der Waals surface area contributed by atoms with Crippen molar-refractivity contribution in [1.82, 2.24) is 0 Å². The minimum Gasteiger partial charge on any atom is -0.462 e. The van der Waals surface area contributed by atoms with Crippen molar-refractivity contribution in [2.24, 2.45) is 5.73 Å². The van der Waals surface area contributed by atoms with Crippen LogP contribution in [0.2, 0.25) is 0 Å². The molecule has 6 nitrogen and oxygen atoms in total. The third-order valence-electron chi connectivity index (χ3n) is 4.14. The van der Waals surface area contributed by atoms with E-state index in [4.69, 9.17) is 15.2 Å². The van der Waals surface area contributed by atoms with Gasteiger partial charge in [0.15, 0.2) is 0 Å². The molecule has 2 aromatic carbocycles. The van der Waals surface area contributed by atoms with Gasteiger partial charge in [-0.2, -0.15) is 0 Å². The first kappa shape index (κ1) is 16.9. The van der Waals surface area contributed by atoms with Crippen LogP contribution in [0, 0.1) is 0 Å². The predicted molar refractivity (Wildman–Crippen MR) is 88.2 cm³/mol. The first-order valence-electron chi connectivity index (χ1n) is 7.81. The van der Waals surface area contributed by atoms with Gasteiger partial charge < -0.3 is 30.5 Å². The van der Waals surface area contributed by atoms with Crippen molar-refractivity contribution < 1.29 is 24.8 Å². The van der Waals surface area contributed by atoms with Crippen LogP contribution in [0.4, 0.5) is 0 Å². The fourth-order valence-corrected chi connectivity index (χ4v) is 2.76. The van der Waals surface area contributed by atoms with Crippen LogP contribution in [-0.2, 0) is 4.74 Å². The lowest BCUT2D eigenvalue weighted by molar-refractivity contribution is -0.239. The van der Waals surface area contributed by atoms with Gasteiger partial charge in [0.2, 0.25) is 6.29 Å². The van der Waals surface area contributed by atoms with Crippen LogP contribution in [0.3, 0.4) is 0 Å². The Balaban J connectivity index is 1.86. The minimum absolute atomic E-state index is 0.439. The highest BCUT2D eigenvalue weighted by Gasteiger charge is 2.43. The maximum absolute atomic E-state index is 10.0. The molecule has 0 saturated carbocycles. The molecule has 128 valence electrons. The zero-order valence-corrected chi connectivity index (χ0v) is 13.0. The van der Waals surface area contributed by atoms with Crippen LogP contribution < -0.4 is 10.5 Å². The molecule has 6 heteroatoms. The van der Waals surface area contributed by atoms with Gasteiger partial charge in [-0.3, -0.25) is 0 Å². The average molecular weight is 331 g/mol. The van der Waals surface area contributed by atoms with Gasteiger partial charge in [0.25, 0.3) is 0 Å². The second-order valence-electron chi connectivity index (χ2n) is 5.76. The van der Waals surface area contributed by atoms with E-state index in [-0.39, 0.29) is 0 Å². The number of rotatable bonds is 4. The summed E-state index contributed by atoms with van der Waals surface area (Å²) in [5, 5.41) is 29.2. The zero-order chi connectivity index (χ0) is 17.1. The molecule has 2 unspecified atom stereocenters. The molecule has 24 heavy (non-hydrogen) atoms. The molecule has 1 aliphatic rings. The molecule has 1 heterocycles. The average Bonchev–Trinajstić information content (AvgIpc) is 2.63. The molecule has 0 aliphatic carbocycles. The Morgan fingerprint density at radius 3 is 2.33 bits per heavy atom. The Hall–Kier alpha value is -1.96. The van der Waals surface area contributed by atoms with E-state index in [2.05, 4.69) is 0 Å². The highest BCUT2D eigenvalue weighted by molar-refractivity contribution is 5.70. The number of para-hydroxylation sites is 1. The zero-order valence-electron chi connectivity index (χ0n) is 13.0. The molecular formula is C18H21NO5. The Morgan fingerprint density at radius 1 is 0.958 bits per heavy atom. The molecule has 5 atom stereocenters. The highest BCUT2D eigenvalue weighted by Crippen LogP contribution is 2.32. The number of ether oxygens (including phenoxy) is 2. The van der Waals surface area contributed by atoms with E-state index in [1.165, 1.54) is 0 Å². The van der Waals surface area contributed by atoms with Crippen molar-refractivity contribution in [2.75, 3.05) is 6.61 Å². The number of nitrogens with two attached hydrogens (primary N) is 1. The number of aliphatic hydroxyl groups is 3. The van der Waals surface area contributed by atoms with Crippen LogP contribution in [0.15, 0.2) is 54.6 Å². The van der Waals surface area contributed by atoms with Gasteiger partial charge in [0, 0.05) is 5.56 Å². The topological polar surface area (TPSA) is 105 Å². The summed E-state index contributed by atoms with van der Waals surface area (Å²) < 4.78 is 11.4. The molecule has 2 aromatic rings. The first-order chi connectivity index (χ1) is 11.6. The van der Waals surface area contributed by atoms with E-state index < -0.39 is 37.3 Å². The third-order valence-corrected chi connectivity index (χ3v) is 4.14. The van der Waals surface area contributed by atoms with E-state index in [1.54, 1.807) is 6.07 Å². The lowest BCUT2D eigenvalue weighted by Crippen LogP contribution is -2.63. The van der Waals surface area contributed by atoms with Crippen LogP contribution in [0.25, 0.3) is 11.1 Å². The van der Waals surface area contributed by atoms with Gasteiger partial charge in [0.1, 0.15) is 24.1 Å². The summed E-state index contributed by atoms with van der Waals surface area (Å²) in [7, 11) is 0. The van der Waals surface area contributed by atoms with Crippen molar-refractivity contribution in [3.8, 4) is 16.9 Å². The standard InChI is InChI=1S/C18H21NO5/c19-15-17(22)16(21)14(10-20)24-18(15)23-13-9-5-4-8-12(13)11-6-2-1-3-7-11/h1-9,14-18,20-22H,10,19H2/t14?,15?,16-,17+,18+/m0/s1. The van der Waals surface area contributed by atoms with Gasteiger partial charge >= 0.3 is 0 Å². The molecule has 5 N–H and O–H groups in total. The molecule has 0 spiro atoms. The van der Waals surface area contributed by atoms with Crippen molar-refractivity contribution in [1.29, 1.82) is 0 Å². The molecule has 0 aromatic heterocycles. The first-order valence-corrected chi connectivity index (χ1v) is 7.81. The Kier molecular flexibility index (Phi) is 5.13. The van der Waals surface area contributed by atoms with Crippen molar-refractivity contribution in [3.63, 3.8) is 0 Å². The predicted octanol–water partition coefficient (Wildman–Crippen LogP) is 0.499. The molecule has 1 saturated heterocycles. The molecular weight excluding hydrogens is 310 g/mol. The lowest BCUT2D eigenvalue weighted by Gasteiger charge is -2.40. The van der Waals surface area contributed by atoms with E-state index in [0.717, 1.165) is 11.1 Å². The van der Waals surface area contributed by atoms with Crippen LogP contribution in [0.1, 0.15) is 0 Å². The summed E-state index contributed by atoms with van der Waals surface area (Å²) in [4.78, 5) is 0. The molecule has 1 fully saturated rings. The van der Waals surface area contributed by atoms with Gasteiger partial charge in [0.05, 0.1) is 12.6 Å². The summed E-state index contributed by atoms with van der Waals surface area (Å²) in [6.07, 6.45) is -4.43. The van der Waals surface area contributed by atoms with Gasteiger partial charge in [-0.15, -0.1) is 0 Å². The van der Waals surface area contributed by atoms with Gasteiger partial charge in [-0.05, 0) is 11.6 Å². The summed E-state index contributed by atoms with van der Waals surface area (Å²) in [6, 6.07) is 16.2. The second kappa shape index (κ2) is 7.29. The normalized spacial score (nSPS) is 30.1. The SMILES string of the molecule is NC1[C@H](Oc2ccccc2-c2ccccc2)OC(CO)[C@H](O)[C@@H]1O. The fraction of sp³-hybridized carbons (Fsp3) is 0.333. The van der Waals surface area contributed by atoms with E-state index in [0.29, 0.717) is 5.75 Å². The molecule has 3 rings (SSSR count). The summed E-state index contributed by atoms with van der Waals surface area (Å²) in [5.41, 5.74) is 7.75. The molecule has 0 amide bonds. The van der Waals surface area contributed by atoms with Gasteiger partial charge in [-0.25, -0.2) is 0 Å². The summed E-state index contributed by atoms with van der Waals surface area (Å²) >= 11 is 0. The Morgan fingerprint density at radius 2 is 1.62 bits per heavy atom. The number of hydrogen-bond acceptors (Lipinski definition) is 6. The molecule has 1 aliphatic heterocycles. The quantitative estimate of drug-likeness (QED) is 0.650. The smallest absolute Gasteiger partial charge is 0.218 e. The minimum atomic E-state index is -1.26. The van der Waals surface area contributed by atoms with E-state index in [1.807, 2.05) is 48.5 Å². The maximum Gasteiger partial charge on any atom is 0.218 e. The van der Waals surface area contributed by atoms with Crippen LogP contribution >= 0.6 is 0 Å². The van der Waals surface area contributed by atoms with Gasteiger partial charge in [-0.1, -0.05) is 48.5 Å². The largest absolute Gasteiger partial charge is 0.462 e. The highest BCUT2D eigenvalue weighted by atomic mass is 16.7. The molecule has 0 radical (unpaired) electrons. The number of hydrogen-bond donors (Lipinski definition) is 4. The number of aliphatic hydroxyl groups excluding tert-OH is 3. The maximum atomic E-state index is 10.0. The van der Waals surface area contributed by atoms with Crippen molar-refractivity contribution in [2.45, 2.75) is 30.6 Å². The third kappa shape index (κ3) is 3.28. The number of benzene rings is 2. The van der Waals surface area contributed by atoms with Crippen LogP contribution in [0.5, 0.6) is 5.75 Å². The Labute approximate surface area is 140 Å². The monoisotopic (exact) mass is 331 g/mol. The second-order valence-corrected chi connectivity index (χ2v) is 5.76. The summed E-state index contributed by atoms with van der Waals surface area (Å²) in [5.74, 6) is 0.546. The lowest BCUT2D eigenvalue weighted by atomic mass is 9.97. The van der Waals surface area contributed by atoms with Crippen molar-refractivity contribution >= 4 is 0 Å². The van der Waals surface area contributed by atoms with Crippen molar-refractivity contribution in [3.05, 3.63) is 54.6 Å². The van der Waals surface area contributed by atoms with E-state index >= 15 is 0 Å². The Bertz CT molecular complexity index is 663.